The van der Waals surface area contributed by atoms with Crippen LogP contribution >= 0.6 is 27.3 Å². The molecule has 0 spiro atoms. The Morgan fingerprint density at radius 2 is 2.05 bits per heavy atom. The first kappa shape index (κ1) is 12.6. The third-order valence-corrected chi connectivity index (χ3v) is 4.23. The van der Waals surface area contributed by atoms with E-state index in [1.807, 2.05) is 24.3 Å². The van der Waals surface area contributed by atoms with Crippen LogP contribution in [-0.4, -0.2) is 4.98 Å². The number of nitrogens with one attached hydrogen (secondary N) is 1. The summed E-state index contributed by atoms with van der Waals surface area (Å²) in [5.74, 6) is -0.260. The van der Waals surface area contributed by atoms with Crippen molar-refractivity contribution in [2.75, 3.05) is 5.32 Å². The molecule has 0 bridgehead atoms. The van der Waals surface area contributed by atoms with Gasteiger partial charge in [0.2, 0.25) is 0 Å². The molecule has 2 nitrogen and oxygen atoms in total. The molecule has 0 saturated heterocycles. The van der Waals surface area contributed by atoms with Gasteiger partial charge in [-0.25, -0.2) is 9.37 Å². The van der Waals surface area contributed by atoms with Crippen LogP contribution in [-0.2, 0) is 6.54 Å². The Hall–Kier alpha value is -1.46. The lowest BCUT2D eigenvalue weighted by atomic mass is 10.3. The van der Waals surface area contributed by atoms with Gasteiger partial charge < -0.3 is 5.32 Å². The highest BCUT2D eigenvalue weighted by molar-refractivity contribution is 9.10. The van der Waals surface area contributed by atoms with Gasteiger partial charge in [-0.15, -0.1) is 11.3 Å². The zero-order valence-electron chi connectivity index (χ0n) is 9.86. The molecule has 0 amide bonds. The van der Waals surface area contributed by atoms with Gasteiger partial charge in [-0.2, -0.15) is 0 Å². The highest BCUT2D eigenvalue weighted by atomic mass is 79.9. The van der Waals surface area contributed by atoms with E-state index in [9.17, 15) is 4.39 Å². The first-order chi connectivity index (χ1) is 9.22. The summed E-state index contributed by atoms with van der Waals surface area (Å²) in [6.45, 7) is 0.521. The van der Waals surface area contributed by atoms with Crippen LogP contribution in [0.1, 0.15) is 5.01 Å². The summed E-state index contributed by atoms with van der Waals surface area (Å²) in [5.41, 5.74) is 1.47. The Balaban J connectivity index is 1.80. The second kappa shape index (κ2) is 5.27. The van der Waals surface area contributed by atoms with Crippen LogP contribution in [0.15, 0.2) is 46.9 Å². The van der Waals surface area contributed by atoms with Gasteiger partial charge in [0.25, 0.3) is 0 Å². The van der Waals surface area contributed by atoms with Gasteiger partial charge in [-0.3, -0.25) is 0 Å². The molecule has 0 aliphatic rings. The summed E-state index contributed by atoms with van der Waals surface area (Å²) in [6, 6.07) is 12.8. The average molecular weight is 337 g/mol. The van der Waals surface area contributed by atoms with Crippen molar-refractivity contribution in [3.63, 3.8) is 0 Å². The molecule has 0 fully saturated rings. The molecule has 3 rings (SSSR count). The molecule has 19 heavy (non-hydrogen) atoms. The molecule has 0 aliphatic heterocycles. The summed E-state index contributed by atoms with van der Waals surface area (Å²) in [4.78, 5) is 4.50. The zero-order chi connectivity index (χ0) is 13.2. The third-order valence-electron chi connectivity index (χ3n) is 2.70. The maximum absolute atomic E-state index is 13.6. The molecule has 2 aromatic carbocycles. The first-order valence-corrected chi connectivity index (χ1v) is 7.37. The summed E-state index contributed by atoms with van der Waals surface area (Å²) >= 11 is 4.95. The maximum Gasteiger partial charge on any atom is 0.146 e. The van der Waals surface area contributed by atoms with E-state index < -0.39 is 0 Å². The Morgan fingerprint density at radius 3 is 2.89 bits per heavy atom. The van der Waals surface area contributed by atoms with E-state index in [0.717, 1.165) is 19.7 Å². The second-order valence-electron chi connectivity index (χ2n) is 4.05. The molecular formula is C14H10BrFN2S. The highest BCUT2D eigenvalue weighted by Gasteiger charge is 2.05. The number of para-hydroxylation sites is 1. The standard InChI is InChI=1S/C14H10BrFN2S/c15-9-5-6-10(16)12(7-9)17-8-14-18-11-3-1-2-4-13(11)19-14/h1-7,17H,8H2. The van der Waals surface area contributed by atoms with Crippen molar-refractivity contribution in [1.29, 1.82) is 0 Å². The second-order valence-corrected chi connectivity index (χ2v) is 6.08. The minimum absolute atomic E-state index is 0.260. The fourth-order valence-electron chi connectivity index (χ4n) is 1.80. The summed E-state index contributed by atoms with van der Waals surface area (Å²) in [6.07, 6.45) is 0. The van der Waals surface area contributed by atoms with Gasteiger partial charge in [-0.05, 0) is 30.3 Å². The third kappa shape index (κ3) is 2.77. The van der Waals surface area contributed by atoms with Crippen molar-refractivity contribution in [1.82, 2.24) is 4.98 Å². The monoisotopic (exact) mass is 336 g/mol. The number of anilines is 1. The minimum Gasteiger partial charge on any atom is -0.376 e. The van der Waals surface area contributed by atoms with E-state index in [-0.39, 0.29) is 5.82 Å². The average Bonchev–Trinajstić information content (AvgIpc) is 2.82. The number of hydrogen-bond donors (Lipinski definition) is 1. The van der Waals surface area contributed by atoms with Gasteiger partial charge in [-0.1, -0.05) is 28.1 Å². The number of thiazole rings is 1. The molecule has 96 valence electrons. The number of aromatic nitrogens is 1. The fraction of sp³-hybridized carbons (Fsp3) is 0.0714. The van der Waals surface area contributed by atoms with E-state index in [1.54, 1.807) is 23.5 Å². The molecule has 5 heteroatoms. The molecule has 0 saturated carbocycles. The lowest BCUT2D eigenvalue weighted by Crippen LogP contribution is -2.00. The SMILES string of the molecule is Fc1ccc(Br)cc1NCc1nc2ccccc2s1. The number of benzene rings is 2. The molecule has 1 N–H and O–H groups in total. The van der Waals surface area contributed by atoms with E-state index >= 15 is 0 Å². The van der Waals surface area contributed by atoms with Gasteiger partial charge >= 0.3 is 0 Å². The quantitative estimate of drug-likeness (QED) is 0.742. The highest BCUT2D eigenvalue weighted by Crippen LogP contribution is 2.24. The van der Waals surface area contributed by atoms with E-state index in [0.29, 0.717) is 12.2 Å². The van der Waals surface area contributed by atoms with Crippen molar-refractivity contribution in [3.05, 3.63) is 57.8 Å². The molecule has 3 aromatic rings. The molecule has 0 unspecified atom stereocenters. The topological polar surface area (TPSA) is 24.9 Å². The predicted octanol–water partition coefficient (Wildman–Crippen LogP) is 4.81. The number of hydrogen-bond acceptors (Lipinski definition) is 3. The first-order valence-electron chi connectivity index (χ1n) is 5.76. The van der Waals surface area contributed by atoms with Gasteiger partial charge in [0.1, 0.15) is 10.8 Å². The molecule has 0 radical (unpaired) electrons. The number of nitrogens with zero attached hydrogens (tertiary/aromatic N) is 1. The van der Waals surface area contributed by atoms with Crippen LogP contribution in [0.4, 0.5) is 10.1 Å². The van der Waals surface area contributed by atoms with Crippen LogP contribution in [0.25, 0.3) is 10.2 Å². The lowest BCUT2D eigenvalue weighted by molar-refractivity contribution is 0.630. The summed E-state index contributed by atoms with van der Waals surface area (Å²) in [5, 5.41) is 4.02. The summed E-state index contributed by atoms with van der Waals surface area (Å²) < 4.78 is 15.6. The van der Waals surface area contributed by atoms with Crippen LogP contribution in [0, 0.1) is 5.82 Å². The van der Waals surface area contributed by atoms with Crippen molar-refractivity contribution < 1.29 is 4.39 Å². The maximum atomic E-state index is 13.6. The van der Waals surface area contributed by atoms with E-state index in [2.05, 4.69) is 26.2 Å². The predicted molar refractivity (Wildman–Crippen MR) is 81.0 cm³/mol. The van der Waals surface area contributed by atoms with Crippen LogP contribution in [0.5, 0.6) is 0 Å². The Morgan fingerprint density at radius 1 is 1.21 bits per heavy atom. The molecule has 0 atom stereocenters. The zero-order valence-corrected chi connectivity index (χ0v) is 12.3. The number of rotatable bonds is 3. The van der Waals surface area contributed by atoms with Crippen molar-refractivity contribution >= 4 is 43.2 Å². The van der Waals surface area contributed by atoms with Gasteiger partial charge in [0.05, 0.1) is 22.4 Å². The molecule has 0 aliphatic carbocycles. The molecule has 1 aromatic heterocycles. The Kier molecular flexibility index (Phi) is 3.48. The van der Waals surface area contributed by atoms with E-state index in [4.69, 9.17) is 0 Å². The van der Waals surface area contributed by atoms with Crippen molar-refractivity contribution in [3.8, 4) is 0 Å². The molecular weight excluding hydrogens is 327 g/mol. The van der Waals surface area contributed by atoms with Crippen molar-refractivity contribution in [2.45, 2.75) is 6.54 Å². The number of fused-ring (bicyclic) bond motifs is 1. The largest absolute Gasteiger partial charge is 0.376 e. The van der Waals surface area contributed by atoms with Gasteiger partial charge in [0.15, 0.2) is 0 Å². The number of halogens is 2. The lowest BCUT2D eigenvalue weighted by Gasteiger charge is -2.05. The van der Waals surface area contributed by atoms with Gasteiger partial charge in [0, 0.05) is 4.47 Å². The fourth-order valence-corrected chi connectivity index (χ4v) is 3.07. The minimum atomic E-state index is -0.260. The Bertz CT molecular complexity index is 693. The van der Waals surface area contributed by atoms with Crippen molar-refractivity contribution in [2.24, 2.45) is 0 Å². The smallest absolute Gasteiger partial charge is 0.146 e. The Labute approximate surface area is 122 Å². The normalized spacial score (nSPS) is 10.8. The van der Waals surface area contributed by atoms with E-state index in [1.165, 1.54) is 6.07 Å². The molecule has 1 heterocycles. The summed E-state index contributed by atoms with van der Waals surface area (Å²) in [7, 11) is 0. The van der Waals surface area contributed by atoms with Crippen LogP contribution in [0.2, 0.25) is 0 Å². The van der Waals surface area contributed by atoms with Crippen LogP contribution in [0.3, 0.4) is 0 Å². The van der Waals surface area contributed by atoms with Crippen LogP contribution < -0.4 is 5.32 Å².